The van der Waals surface area contributed by atoms with Gasteiger partial charge in [0.25, 0.3) is 4.52 Å². The van der Waals surface area contributed by atoms with E-state index in [9.17, 15) is 0 Å². The Balaban J connectivity index is 2.12. The molecular formula is C17H16Cl2O. The van der Waals surface area contributed by atoms with E-state index < -0.39 is 4.52 Å². The van der Waals surface area contributed by atoms with Crippen LogP contribution < -0.4 is 4.74 Å². The third-order valence-corrected chi connectivity index (χ3v) is 3.49. The zero-order valence-electron chi connectivity index (χ0n) is 11.2. The molecule has 2 rings (SSSR count). The normalized spacial score (nSPS) is 11.8. The van der Waals surface area contributed by atoms with E-state index in [0.717, 1.165) is 11.1 Å². The van der Waals surface area contributed by atoms with Crippen molar-refractivity contribution >= 4 is 35.4 Å². The number of halogens is 2. The van der Waals surface area contributed by atoms with Crippen molar-refractivity contribution < 1.29 is 4.74 Å². The molecule has 2 aromatic carbocycles. The van der Waals surface area contributed by atoms with E-state index in [-0.39, 0.29) is 0 Å². The molecular weight excluding hydrogens is 291 g/mol. The van der Waals surface area contributed by atoms with Crippen LogP contribution in [0.2, 0.25) is 0 Å². The van der Waals surface area contributed by atoms with Gasteiger partial charge in [0, 0.05) is 6.42 Å². The molecule has 0 atom stereocenters. The molecule has 0 saturated heterocycles. The van der Waals surface area contributed by atoms with Crippen LogP contribution in [-0.4, -0.2) is 4.52 Å². The van der Waals surface area contributed by atoms with Gasteiger partial charge in [0.15, 0.2) is 0 Å². The fraction of sp³-hybridized carbons (Fsp3) is 0.176. The Morgan fingerprint density at radius 2 is 1.60 bits per heavy atom. The Morgan fingerprint density at radius 1 is 0.950 bits per heavy atom. The fourth-order valence-electron chi connectivity index (χ4n) is 1.68. The Kier molecular flexibility index (Phi) is 5.11. The molecule has 0 fully saturated rings. The molecule has 0 saturated carbocycles. The van der Waals surface area contributed by atoms with Crippen LogP contribution in [0.4, 0.5) is 0 Å². The summed E-state index contributed by atoms with van der Waals surface area (Å²) >= 11 is 12.0. The first-order chi connectivity index (χ1) is 9.59. The smallest absolute Gasteiger partial charge is 0.257 e. The molecule has 0 amide bonds. The maximum absolute atomic E-state index is 6.01. The molecule has 0 aliphatic rings. The van der Waals surface area contributed by atoms with Gasteiger partial charge in [-0.05, 0) is 23.3 Å². The monoisotopic (exact) mass is 306 g/mol. The zero-order chi connectivity index (χ0) is 14.4. The molecule has 0 aromatic heterocycles. The summed E-state index contributed by atoms with van der Waals surface area (Å²) in [7, 11) is 0. The number of hydrogen-bond donors (Lipinski definition) is 0. The molecule has 0 spiro atoms. The maximum atomic E-state index is 6.01. The lowest BCUT2D eigenvalue weighted by atomic mass is 10.1. The quantitative estimate of drug-likeness (QED) is 0.503. The van der Waals surface area contributed by atoms with Crippen molar-refractivity contribution in [3.05, 3.63) is 65.7 Å². The first-order valence-corrected chi connectivity index (χ1v) is 7.25. The summed E-state index contributed by atoms with van der Waals surface area (Å²) in [5.41, 5.74) is 2.18. The Hall–Kier alpha value is -1.44. The van der Waals surface area contributed by atoms with Crippen LogP contribution in [-0.2, 0) is 0 Å². The average molecular weight is 307 g/mol. The first kappa shape index (κ1) is 15.0. The largest absolute Gasteiger partial charge is 0.458 e. The van der Waals surface area contributed by atoms with Gasteiger partial charge in [-0.25, -0.2) is 0 Å². The molecule has 0 N–H and O–H groups in total. The molecule has 0 heterocycles. The van der Waals surface area contributed by atoms with Gasteiger partial charge in [-0.15, -0.1) is 0 Å². The third-order valence-electron chi connectivity index (χ3n) is 2.80. The highest BCUT2D eigenvalue weighted by Crippen LogP contribution is 2.29. The zero-order valence-corrected chi connectivity index (χ0v) is 12.7. The van der Waals surface area contributed by atoms with Crippen LogP contribution >= 0.6 is 23.2 Å². The second kappa shape index (κ2) is 6.83. The molecule has 2 aromatic rings. The van der Waals surface area contributed by atoms with Crippen LogP contribution in [0.5, 0.6) is 5.75 Å². The summed E-state index contributed by atoms with van der Waals surface area (Å²) < 4.78 is 4.36. The number of alkyl halides is 2. The number of rotatable bonds is 5. The Morgan fingerprint density at radius 3 is 2.30 bits per heavy atom. The van der Waals surface area contributed by atoms with Gasteiger partial charge in [-0.1, -0.05) is 84.7 Å². The van der Waals surface area contributed by atoms with Crippen LogP contribution in [0.15, 0.2) is 54.6 Å². The highest BCUT2D eigenvalue weighted by molar-refractivity contribution is 6.47. The molecule has 0 radical (unpaired) electrons. The van der Waals surface area contributed by atoms with E-state index in [1.165, 1.54) is 0 Å². The van der Waals surface area contributed by atoms with Crippen molar-refractivity contribution in [1.29, 1.82) is 0 Å². The van der Waals surface area contributed by atoms with Gasteiger partial charge < -0.3 is 4.74 Å². The van der Waals surface area contributed by atoms with E-state index >= 15 is 0 Å². The van der Waals surface area contributed by atoms with Crippen LogP contribution in [0.25, 0.3) is 12.2 Å². The van der Waals surface area contributed by atoms with Gasteiger partial charge in [0.1, 0.15) is 5.75 Å². The van der Waals surface area contributed by atoms with Crippen LogP contribution in [0.1, 0.15) is 24.5 Å². The van der Waals surface area contributed by atoms with Crippen molar-refractivity contribution in [3.63, 3.8) is 0 Å². The first-order valence-electron chi connectivity index (χ1n) is 6.49. The second-order valence-corrected chi connectivity index (χ2v) is 5.82. The lowest BCUT2D eigenvalue weighted by Gasteiger charge is -2.19. The van der Waals surface area contributed by atoms with E-state index in [2.05, 4.69) is 12.1 Å². The summed E-state index contributed by atoms with van der Waals surface area (Å²) in [4.78, 5) is 0. The topological polar surface area (TPSA) is 9.23 Å². The fourth-order valence-corrected chi connectivity index (χ4v) is 1.86. The van der Waals surface area contributed by atoms with E-state index in [1.807, 2.05) is 61.5 Å². The molecule has 0 aliphatic carbocycles. The summed E-state index contributed by atoms with van der Waals surface area (Å²) in [6.45, 7) is 1.87. The Labute approximate surface area is 129 Å². The van der Waals surface area contributed by atoms with E-state index in [4.69, 9.17) is 27.9 Å². The minimum absolute atomic E-state index is 0.514. The van der Waals surface area contributed by atoms with Gasteiger partial charge in [-0.2, -0.15) is 0 Å². The second-order valence-electron chi connectivity index (χ2n) is 4.41. The molecule has 1 nitrogen and oxygen atoms in total. The van der Waals surface area contributed by atoms with Crippen molar-refractivity contribution in [3.8, 4) is 5.75 Å². The summed E-state index contributed by atoms with van der Waals surface area (Å²) in [5.74, 6) is 0.659. The number of hydrogen-bond acceptors (Lipinski definition) is 1. The van der Waals surface area contributed by atoms with Gasteiger partial charge in [-0.3, -0.25) is 0 Å². The number of ether oxygens (including phenoxy) is 1. The Bertz CT molecular complexity index is 577. The molecule has 0 bridgehead atoms. The molecule has 0 aliphatic heterocycles. The van der Waals surface area contributed by atoms with E-state index in [1.54, 1.807) is 0 Å². The standard InChI is InChI=1S/C17H16Cl2O/c1-2-17(18,19)20-16-10-6-9-15(13-16)12-11-14-7-4-3-5-8-14/h3-13H,2H2,1H3/b12-11+. The highest BCUT2D eigenvalue weighted by atomic mass is 35.5. The summed E-state index contributed by atoms with van der Waals surface area (Å²) in [5, 5.41) is 0. The van der Waals surface area contributed by atoms with Crippen molar-refractivity contribution in [1.82, 2.24) is 0 Å². The maximum Gasteiger partial charge on any atom is 0.257 e. The summed E-state index contributed by atoms with van der Waals surface area (Å²) in [6, 6.07) is 17.8. The van der Waals surface area contributed by atoms with Crippen LogP contribution in [0, 0.1) is 0 Å². The molecule has 104 valence electrons. The lowest BCUT2D eigenvalue weighted by Crippen LogP contribution is -2.20. The van der Waals surface area contributed by atoms with Crippen LogP contribution in [0.3, 0.4) is 0 Å². The van der Waals surface area contributed by atoms with Gasteiger partial charge in [0.2, 0.25) is 0 Å². The average Bonchev–Trinajstić information content (AvgIpc) is 2.46. The predicted molar refractivity (Wildman–Crippen MR) is 87.2 cm³/mol. The SMILES string of the molecule is CCC(Cl)(Cl)Oc1cccc(/C=C/c2ccccc2)c1. The molecule has 20 heavy (non-hydrogen) atoms. The molecule has 3 heteroatoms. The summed E-state index contributed by atoms with van der Waals surface area (Å²) in [6.07, 6.45) is 4.59. The van der Waals surface area contributed by atoms with Crippen molar-refractivity contribution in [2.24, 2.45) is 0 Å². The van der Waals surface area contributed by atoms with Crippen molar-refractivity contribution in [2.75, 3.05) is 0 Å². The van der Waals surface area contributed by atoms with Gasteiger partial charge in [0.05, 0.1) is 0 Å². The third kappa shape index (κ3) is 4.59. The lowest BCUT2D eigenvalue weighted by molar-refractivity contribution is 0.237. The highest BCUT2D eigenvalue weighted by Gasteiger charge is 2.23. The predicted octanol–water partition coefficient (Wildman–Crippen LogP) is 5.78. The number of benzene rings is 2. The van der Waals surface area contributed by atoms with E-state index in [0.29, 0.717) is 12.2 Å². The van der Waals surface area contributed by atoms with Crippen molar-refractivity contribution in [2.45, 2.75) is 17.9 Å². The molecule has 0 unspecified atom stereocenters. The minimum atomic E-state index is -1.18. The van der Waals surface area contributed by atoms with Gasteiger partial charge >= 0.3 is 0 Å². The minimum Gasteiger partial charge on any atom is -0.458 e.